The van der Waals surface area contributed by atoms with E-state index in [2.05, 4.69) is 60.5 Å². The van der Waals surface area contributed by atoms with E-state index in [0.29, 0.717) is 13.2 Å². The molecule has 1 heterocycles. The van der Waals surface area contributed by atoms with Gasteiger partial charge in [-0.05, 0) is 66.0 Å². The van der Waals surface area contributed by atoms with Crippen molar-refractivity contribution in [3.05, 3.63) is 82.9 Å². The van der Waals surface area contributed by atoms with E-state index in [0.717, 1.165) is 66.7 Å². The quantitative estimate of drug-likeness (QED) is 0.375. The van der Waals surface area contributed by atoms with Crippen molar-refractivity contribution in [1.29, 1.82) is 0 Å². The summed E-state index contributed by atoms with van der Waals surface area (Å²) in [6, 6.07) is 20.6. The van der Waals surface area contributed by atoms with Gasteiger partial charge < -0.3 is 29.2 Å². The summed E-state index contributed by atoms with van der Waals surface area (Å²) < 4.78 is 23.7. The molecular formula is C30H38N2O4. The summed E-state index contributed by atoms with van der Waals surface area (Å²) in [6.07, 6.45) is 0.942. The minimum atomic E-state index is 0.0295. The zero-order chi connectivity index (χ0) is 25.3. The van der Waals surface area contributed by atoms with Crippen molar-refractivity contribution in [3.8, 4) is 23.0 Å². The number of methoxy groups -OCH3 is 2. The number of rotatable bonds is 12. The van der Waals surface area contributed by atoms with Crippen LogP contribution in [0.4, 0.5) is 0 Å². The monoisotopic (exact) mass is 490 g/mol. The molecule has 3 aromatic rings. The van der Waals surface area contributed by atoms with Crippen LogP contribution < -0.4 is 24.3 Å². The highest BCUT2D eigenvalue weighted by atomic mass is 16.5. The predicted octanol–water partition coefficient (Wildman–Crippen LogP) is 5.24. The molecule has 36 heavy (non-hydrogen) atoms. The Morgan fingerprint density at radius 1 is 0.833 bits per heavy atom. The summed E-state index contributed by atoms with van der Waals surface area (Å²) in [5.41, 5.74) is 4.73. The molecule has 0 aliphatic carbocycles. The maximum atomic E-state index is 6.21. The summed E-state index contributed by atoms with van der Waals surface area (Å²) in [4.78, 5) is 2.35. The van der Waals surface area contributed by atoms with E-state index in [1.165, 1.54) is 11.1 Å². The summed E-state index contributed by atoms with van der Waals surface area (Å²) in [7, 11) is 3.39. The van der Waals surface area contributed by atoms with Crippen LogP contribution in [-0.2, 0) is 13.0 Å². The largest absolute Gasteiger partial charge is 0.493 e. The van der Waals surface area contributed by atoms with Crippen LogP contribution in [0.2, 0.25) is 0 Å². The Labute approximate surface area is 215 Å². The first kappa shape index (κ1) is 25.9. The molecule has 0 fully saturated rings. The fourth-order valence-electron chi connectivity index (χ4n) is 4.68. The Kier molecular flexibility index (Phi) is 9.09. The van der Waals surface area contributed by atoms with E-state index in [-0.39, 0.29) is 6.04 Å². The highest BCUT2D eigenvalue weighted by Gasteiger charge is 2.25. The Hall–Kier alpha value is -3.22. The van der Waals surface area contributed by atoms with Crippen molar-refractivity contribution in [2.75, 3.05) is 47.0 Å². The van der Waals surface area contributed by atoms with E-state index in [4.69, 9.17) is 18.9 Å². The Bertz CT molecular complexity index is 1120. The average Bonchev–Trinajstić information content (AvgIpc) is 2.94. The third-order valence-electron chi connectivity index (χ3n) is 6.80. The molecule has 192 valence electrons. The van der Waals surface area contributed by atoms with Gasteiger partial charge in [0.15, 0.2) is 23.0 Å². The molecule has 0 aromatic heterocycles. The zero-order valence-corrected chi connectivity index (χ0v) is 21.9. The second-order valence-corrected chi connectivity index (χ2v) is 8.90. The van der Waals surface area contributed by atoms with Gasteiger partial charge in [-0.3, -0.25) is 0 Å². The van der Waals surface area contributed by atoms with Gasteiger partial charge in [-0.1, -0.05) is 50.2 Å². The van der Waals surface area contributed by atoms with Gasteiger partial charge in [0.2, 0.25) is 0 Å². The maximum absolute atomic E-state index is 6.21. The Morgan fingerprint density at radius 2 is 1.58 bits per heavy atom. The lowest BCUT2D eigenvalue weighted by atomic mass is 9.89. The van der Waals surface area contributed by atoms with Crippen LogP contribution in [0.15, 0.2) is 60.7 Å². The molecule has 1 N–H and O–H groups in total. The number of ether oxygens (including phenoxy) is 4. The number of nitrogens with one attached hydrogen (secondary N) is 1. The lowest BCUT2D eigenvalue weighted by Crippen LogP contribution is -2.31. The van der Waals surface area contributed by atoms with Crippen LogP contribution in [0.25, 0.3) is 0 Å². The van der Waals surface area contributed by atoms with Crippen LogP contribution >= 0.6 is 0 Å². The first-order chi connectivity index (χ1) is 17.7. The summed E-state index contributed by atoms with van der Waals surface area (Å²) in [5.74, 6) is 3.03. The van der Waals surface area contributed by atoms with Crippen LogP contribution in [0.3, 0.4) is 0 Å². The SMILES string of the molecule is CCN(CC)CCOc1cc2c(cc1OC)CCNC2c1ccc(OCc2ccccc2)c(OC)c1. The molecule has 4 rings (SSSR count). The summed E-state index contributed by atoms with van der Waals surface area (Å²) >= 11 is 0. The van der Waals surface area contributed by atoms with E-state index in [1.54, 1.807) is 14.2 Å². The minimum absolute atomic E-state index is 0.0295. The van der Waals surface area contributed by atoms with Gasteiger partial charge in [0.1, 0.15) is 13.2 Å². The van der Waals surface area contributed by atoms with Gasteiger partial charge >= 0.3 is 0 Å². The fraction of sp³-hybridized carbons (Fsp3) is 0.400. The first-order valence-corrected chi connectivity index (χ1v) is 12.8. The van der Waals surface area contributed by atoms with Crippen LogP contribution in [0.5, 0.6) is 23.0 Å². The number of nitrogens with zero attached hydrogens (tertiary/aromatic N) is 1. The third kappa shape index (κ3) is 6.12. The number of hydrogen-bond acceptors (Lipinski definition) is 6. The lowest BCUT2D eigenvalue weighted by molar-refractivity contribution is 0.217. The third-order valence-corrected chi connectivity index (χ3v) is 6.80. The molecule has 1 aliphatic heterocycles. The molecule has 1 atom stereocenters. The molecule has 0 spiro atoms. The van der Waals surface area contributed by atoms with E-state index < -0.39 is 0 Å². The molecule has 0 amide bonds. The number of benzene rings is 3. The Balaban J connectivity index is 1.56. The molecule has 0 saturated heterocycles. The van der Waals surface area contributed by atoms with Gasteiger partial charge in [0.25, 0.3) is 0 Å². The van der Waals surface area contributed by atoms with Crippen LogP contribution in [0.1, 0.15) is 42.1 Å². The highest BCUT2D eigenvalue weighted by molar-refractivity contribution is 5.53. The van der Waals surface area contributed by atoms with E-state index in [1.807, 2.05) is 24.3 Å². The van der Waals surface area contributed by atoms with Crippen LogP contribution in [-0.4, -0.2) is 51.9 Å². The van der Waals surface area contributed by atoms with Crippen LogP contribution in [0, 0.1) is 0 Å². The summed E-state index contributed by atoms with van der Waals surface area (Å²) in [6.45, 7) is 9.26. The lowest BCUT2D eigenvalue weighted by Gasteiger charge is -2.29. The molecular weight excluding hydrogens is 452 g/mol. The summed E-state index contributed by atoms with van der Waals surface area (Å²) in [5, 5.41) is 3.68. The second kappa shape index (κ2) is 12.7. The molecule has 1 aliphatic rings. The number of hydrogen-bond donors (Lipinski definition) is 1. The molecule has 3 aromatic carbocycles. The molecule has 0 bridgehead atoms. The van der Waals surface area contributed by atoms with Gasteiger partial charge in [-0.15, -0.1) is 0 Å². The maximum Gasteiger partial charge on any atom is 0.161 e. The minimum Gasteiger partial charge on any atom is -0.493 e. The molecule has 6 nitrogen and oxygen atoms in total. The fourth-order valence-corrected chi connectivity index (χ4v) is 4.68. The van der Waals surface area contributed by atoms with Crippen molar-refractivity contribution in [3.63, 3.8) is 0 Å². The van der Waals surface area contributed by atoms with Gasteiger partial charge in [0, 0.05) is 13.1 Å². The molecule has 0 saturated carbocycles. The predicted molar refractivity (Wildman–Crippen MR) is 144 cm³/mol. The number of likely N-dealkylation sites (N-methyl/N-ethyl adjacent to an activating group) is 1. The normalized spacial score (nSPS) is 14.9. The van der Waals surface area contributed by atoms with Gasteiger partial charge in [-0.25, -0.2) is 0 Å². The number of fused-ring (bicyclic) bond motifs is 1. The Morgan fingerprint density at radius 3 is 2.31 bits per heavy atom. The van der Waals surface area contributed by atoms with Crippen molar-refractivity contribution in [2.45, 2.75) is 32.9 Å². The standard InChI is InChI=1S/C30H38N2O4/c1-5-32(6-2)16-17-35-29-20-25-23(18-28(29)34-4)14-15-31-30(25)24-12-13-26(27(19-24)33-3)36-21-22-10-8-7-9-11-22/h7-13,18-20,30-31H,5-6,14-17,21H2,1-4H3. The van der Waals surface area contributed by atoms with Gasteiger partial charge in [0.05, 0.1) is 20.3 Å². The molecule has 1 unspecified atom stereocenters. The van der Waals surface area contributed by atoms with Crippen molar-refractivity contribution in [1.82, 2.24) is 10.2 Å². The molecule has 6 heteroatoms. The van der Waals surface area contributed by atoms with E-state index in [9.17, 15) is 0 Å². The smallest absolute Gasteiger partial charge is 0.161 e. The zero-order valence-electron chi connectivity index (χ0n) is 21.9. The highest BCUT2D eigenvalue weighted by Crippen LogP contribution is 2.39. The van der Waals surface area contributed by atoms with Crippen molar-refractivity contribution >= 4 is 0 Å². The first-order valence-electron chi connectivity index (χ1n) is 12.8. The topological polar surface area (TPSA) is 52.2 Å². The average molecular weight is 491 g/mol. The second-order valence-electron chi connectivity index (χ2n) is 8.90. The van der Waals surface area contributed by atoms with Crippen molar-refractivity contribution in [2.24, 2.45) is 0 Å². The van der Waals surface area contributed by atoms with Gasteiger partial charge in [-0.2, -0.15) is 0 Å². The van der Waals surface area contributed by atoms with E-state index >= 15 is 0 Å². The molecule has 0 radical (unpaired) electrons. The van der Waals surface area contributed by atoms with Crippen molar-refractivity contribution < 1.29 is 18.9 Å².